The van der Waals surface area contributed by atoms with Gasteiger partial charge in [-0.25, -0.2) is 19.4 Å². The van der Waals surface area contributed by atoms with Crippen LogP contribution in [-0.4, -0.2) is 44.2 Å². The number of aromatic nitrogens is 4. The minimum Gasteiger partial charge on any atom is -0.494 e. The molecule has 1 aromatic carbocycles. The number of nitrogens with zero attached hydrogens (tertiary/aromatic N) is 4. The molecule has 0 aliphatic heterocycles. The molecule has 0 saturated heterocycles. The predicted octanol–water partition coefficient (Wildman–Crippen LogP) is 4.13. The van der Waals surface area contributed by atoms with Gasteiger partial charge < -0.3 is 15.2 Å². The average molecular weight is 414 g/mol. The molecule has 9 heteroatoms. The van der Waals surface area contributed by atoms with Gasteiger partial charge in [0, 0.05) is 11.5 Å². The van der Waals surface area contributed by atoms with Gasteiger partial charge in [-0.2, -0.15) is 5.10 Å². The molecule has 0 spiro atoms. The molecule has 2 heterocycles. The van der Waals surface area contributed by atoms with Crippen LogP contribution in [0.5, 0.6) is 5.75 Å². The fraction of sp³-hybridized carbons (Fsp3) is 0.300. The summed E-state index contributed by atoms with van der Waals surface area (Å²) in [7, 11) is 1.59. The monoisotopic (exact) mass is 413 g/mol. The molecule has 0 amide bonds. The maximum Gasteiger partial charge on any atom is 0.356 e. The van der Waals surface area contributed by atoms with Crippen LogP contribution in [0.3, 0.4) is 0 Å². The van der Waals surface area contributed by atoms with Crippen molar-refractivity contribution in [1.82, 2.24) is 19.7 Å². The molecule has 3 aromatic rings. The van der Waals surface area contributed by atoms with Crippen LogP contribution < -0.4 is 10.1 Å². The quantitative estimate of drug-likeness (QED) is 0.459. The van der Waals surface area contributed by atoms with Gasteiger partial charge in [0.25, 0.3) is 0 Å². The summed E-state index contributed by atoms with van der Waals surface area (Å²) in [5, 5.41) is 17.9. The van der Waals surface area contributed by atoms with Crippen LogP contribution in [0.2, 0.25) is 0 Å². The first-order chi connectivity index (χ1) is 13.7. The van der Waals surface area contributed by atoms with Gasteiger partial charge in [-0.1, -0.05) is 44.7 Å². The average Bonchev–Trinajstić information content (AvgIpc) is 3.12. The van der Waals surface area contributed by atoms with Gasteiger partial charge in [-0.3, -0.25) is 0 Å². The number of carboxylic acids is 1. The molecule has 0 aliphatic rings. The third-order valence-electron chi connectivity index (χ3n) is 4.21. The number of nitrogens with one attached hydrogen (secondary N) is 1. The lowest BCUT2D eigenvalue weighted by molar-refractivity contribution is 0.0690. The summed E-state index contributed by atoms with van der Waals surface area (Å²) >= 11 is 1.28. The lowest BCUT2D eigenvalue weighted by Gasteiger charge is -2.14. The van der Waals surface area contributed by atoms with Crippen LogP contribution in [0.25, 0.3) is 5.69 Å². The van der Waals surface area contributed by atoms with E-state index in [4.69, 9.17) is 9.84 Å². The Morgan fingerprint density at radius 1 is 1.28 bits per heavy atom. The molecule has 2 N–H and O–H groups in total. The van der Waals surface area contributed by atoms with Crippen LogP contribution in [0.15, 0.2) is 41.7 Å². The molecule has 2 aromatic heterocycles. The first-order valence-electron chi connectivity index (χ1n) is 8.90. The molecule has 3 rings (SSSR count). The van der Waals surface area contributed by atoms with E-state index in [1.54, 1.807) is 18.0 Å². The minimum atomic E-state index is -1.13. The van der Waals surface area contributed by atoms with Crippen molar-refractivity contribution in [1.29, 1.82) is 0 Å². The molecular weight excluding hydrogens is 390 g/mol. The molecule has 0 fully saturated rings. The molecular formula is C20H23N5O3S. The zero-order valence-corrected chi connectivity index (χ0v) is 17.7. The van der Waals surface area contributed by atoms with E-state index in [9.17, 15) is 9.90 Å². The molecule has 8 nitrogen and oxygen atoms in total. The smallest absolute Gasteiger partial charge is 0.356 e. The van der Waals surface area contributed by atoms with Gasteiger partial charge >= 0.3 is 5.97 Å². The van der Waals surface area contributed by atoms with E-state index in [0.717, 1.165) is 11.4 Å². The fourth-order valence-corrected chi connectivity index (χ4v) is 3.02. The van der Waals surface area contributed by atoms with Crippen molar-refractivity contribution in [3.63, 3.8) is 0 Å². The highest BCUT2D eigenvalue weighted by Crippen LogP contribution is 2.32. The number of hydrogen-bond acceptors (Lipinski definition) is 7. The van der Waals surface area contributed by atoms with Crippen LogP contribution in [0, 0.1) is 0 Å². The zero-order chi connectivity index (χ0) is 21.2. The van der Waals surface area contributed by atoms with Crippen LogP contribution in [0.1, 0.15) is 37.0 Å². The summed E-state index contributed by atoms with van der Waals surface area (Å²) in [6, 6.07) is 9.38. The van der Waals surface area contributed by atoms with Crippen molar-refractivity contribution < 1.29 is 14.6 Å². The SMILES string of the molecule is COc1ccccc1-n1nc(C(C)(C)C)cc1Nc1cnc(SC)nc1C(=O)O. The van der Waals surface area contributed by atoms with E-state index in [-0.39, 0.29) is 16.8 Å². The first kappa shape index (κ1) is 20.7. The van der Waals surface area contributed by atoms with Crippen LogP contribution in [-0.2, 0) is 5.41 Å². The number of para-hydroxylation sites is 2. The molecule has 0 atom stereocenters. The van der Waals surface area contributed by atoms with E-state index in [1.165, 1.54) is 18.0 Å². The second-order valence-corrected chi connectivity index (χ2v) is 8.07. The Balaban J connectivity index is 2.15. The van der Waals surface area contributed by atoms with Gasteiger partial charge in [0.1, 0.15) is 17.3 Å². The number of rotatable bonds is 6. The van der Waals surface area contributed by atoms with Crippen molar-refractivity contribution in [3.8, 4) is 11.4 Å². The minimum absolute atomic E-state index is 0.102. The van der Waals surface area contributed by atoms with Crippen molar-refractivity contribution in [3.05, 3.63) is 47.9 Å². The van der Waals surface area contributed by atoms with Gasteiger partial charge in [0.15, 0.2) is 10.9 Å². The lowest BCUT2D eigenvalue weighted by Crippen LogP contribution is -2.13. The van der Waals surface area contributed by atoms with Crippen molar-refractivity contribution >= 4 is 29.2 Å². The summed E-state index contributed by atoms with van der Waals surface area (Å²) in [5.74, 6) is 0.0959. The summed E-state index contributed by atoms with van der Waals surface area (Å²) in [4.78, 5) is 20.0. The number of aromatic carboxylic acids is 1. The Morgan fingerprint density at radius 3 is 2.62 bits per heavy atom. The summed E-state index contributed by atoms with van der Waals surface area (Å²) < 4.78 is 7.18. The van der Waals surface area contributed by atoms with Crippen LogP contribution in [0.4, 0.5) is 11.5 Å². The number of carbonyl (C=O) groups is 1. The zero-order valence-electron chi connectivity index (χ0n) is 16.9. The van der Waals surface area contributed by atoms with E-state index >= 15 is 0 Å². The lowest BCUT2D eigenvalue weighted by atomic mass is 9.92. The number of hydrogen-bond donors (Lipinski definition) is 2. The number of carboxylic acid groups (broad SMARTS) is 1. The highest BCUT2D eigenvalue weighted by atomic mass is 32.2. The molecule has 0 saturated carbocycles. The van der Waals surface area contributed by atoms with E-state index < -0.39 is 5.97 Å². The van der Waals surface area contributed by atoms with Gasteiger partial charge in [-0.05, 0) is 18.4 Å². The van der Waals surface area contributed by atoms with Gasteiger partial charge in [-0.15, -0.1) is 0 Å². The Kier molecular flexibility index (Phi) is 5.78. The molecule has 0 unspecified atom stereocenters. The Morgan fingerprint density at radius 2 is 2.00 bits per heavy atom. The third kappa shape index (κ3) is 4.34. The Labute approximate surface area is 173 Å². The van der Waals surface area contributed by atoms with Gasteiger partial charge in [0.2, 0.25) is 0 Å². The van der Waals surface area contributed by atoms with Crippen molar-refractivity contribution in [2.24, 2.45) is 0 Å². The van der Waals surface area contributed by atoms with Crippen LogP contribution >= 0.6 is 11.8 Å². The number of methoxy groups -OCH3 is 1. The fourth-order valence-electron chi connectivity index (χ4n) is 2.68. The number of thioether (sulfide) groups is 1. The largest absolute Gasteiger partial charge is 0.494 e. The maximum atomic E-state index is 11.7. The number of ether oxygens (including phenoxy) is 1. The first-order valence-corrected chi connectivity index (χ1v) is 10.1. The highest BCUT2D eigenvalue weighted by molar-refractivity contribution is 7.98. The molecule has 0 radical (unpaired) electrons. The summed E-state index contributed by atoms with van der Waals surface area (Å²) in [5.41, 5.74) is 1.54. The Bertz CT molecular complexity index is 1040. The molecule has 152 valence electrons. The van der Waals surface area contributed by atoms with E-state index in [1.807, 2.05) is 30.3 Å². The Hall–Kier alpha value is -3.07. The van der Waals surface area contributed by atoms with E-state index in [2.05, 4.69) is 36.1 Å². The highest BCUT2D eigenvalue weighted by Gasteiger charge is 2.23. The van der Waals surface area contributed by atoms with Gasteiger partial charge in [0.05, 0.1) is 24.7 Å². The standard InChI is InChI=1S/C20H23N5O3S/c1-20(2,3)15-10-16(25(24-15)13-8-6-7-9-14(13)28-4)22-12-11-21-19(29-5)23-17(12)18(26)27/h6-11,22H,1-5H3,(H,26,27). The normalized spacial score (nSPS) is 11.3. The second kappa shape index (κ2) is 8.12. The molecule has 29 heavy (non-hydrogen) atoms. The maximum absolute atomic E-state index is 11.7. The van der Waals surface area contributed by atoms with Crippen molar-refractivity contribution in [2.45, 2.75) is 31.3 Å². The number of anilines is 2. The predicted molar refractivity (Wildman–Crippen MR) is 113 cm³/mol. The second-order valence-electron chi connectivity index (χ2n) is 7.30. The molecule has 0 bridgehead atoms. The molecule has 0 aliphatic carbocycles. The van der Waals surface area contributed by atoms with E-state index in [0.29, 0.717) is 16.7 Å². The van der Waals surface area contributed by atoms with Crippen molar-refractivity contribution in [2.75, 3.05) is 18.7 Å². The summed E-state index contributed by atoms with van der Waals surface area (Å²) in [6.45, 7) is 6.18. The topological polar surface area (TPSA) is 102 Å². The number of benzene rings is 1. The summed E-state index contributed by atoms with van der Waals surface area (Å²) in [6.07, 6.45) is 3.26. The third-order valence-corrected chi connectivity index (χ3v) is 4.77.